The molecule has 1 amide bonds. The minimum Gasteiger partial charge on any atom is -0.286 e. The molecule has 0 unspecified atom stereocenters. The van der Waals surface area contributed by atoms with Crippen molar-refractivity contribution in [2.24, 2.45) is 5.92 Å². The third-order valence-electron chi connectivity index (χ3n) is 0.967. The maximum Gasteiger partial charge on any atom is 0.269 e. The van der Waals surface area contributed by atoms with Crippen LogP contribution in [0.4, 0.5) is 0 Å². The monoisotopic (exact) mass is 143 g/mol. The molecule has 0 spiro atoms. The van der Waals surface area contributed by atoms with E-state index >= 15 is 0 Å². The lowest BCUT2D eigenvalue weighted by Crippen LogP contribution is -2.29. The van der Waals surface area contributed by atoms with Crippen LogP contribution >= 0.6 is 0 Å². The van der Waals surface area contributed by atoms with E-state index in [1.807, 2.05) is 13.8 Å². The van der Waals surface area contributed by atoms with Crippen LogP contribution in [-0.2, 0) is 4.79 Å². The van der Waals surface area contributed by atoms with Crippen molar-refractivity contribution in [3.05, 3.63) is 12.7 Å². The third-order valence-corrected chi connectivity index (χ3v) is 0.967. The Balaban J connectivity index is 3.72. The molecule has 0 fully saturated rings. The molecule has 58 valence electrons. The average molecular weight is 143 g/mol. The summed E-state index contributed by atoms with van der Waals surface area (Å²) in [5.74, 6) is -0.178. The summed E-state index contributed by atoms with van der Waals surface area (Å²) in [6.45, 7) is 7.42. The Morgan fingerprint density at radius 1 is 1.80 bits per heavy atom. The predicted molar refractivity (Wildman–Crippen MR) is 38.5 cm³/mol. The molecule has 1 N–H and O–H groups in total. The van der Waals surface area contributed by atoms with Crippen LogP contribution < -0.4 is 0 Å². The standard InChI is InChI=1S/C7H13NO2/c1-4-7(9)8(10)5-6(2)3/h4,6,10H,1,5H2,2-3H3. The predicted octanol–water partition coefficient (Wildman–Crippen LogP) is 1.05. The van der Waals surface area contributed by atoms with Crippen molar-refractivity contribution < 1.29 is 10.0 Å². The quantitative estimate of drug-likeness (QED) is 0.364. The molecule has 10 heavy (non-hydrogen) atoms. The molecule has 0 saturated carbocycles. The van der Waals surface area contributed by atoms with E-state index in [4.69, 9.17) is 5.21 Å². The van der Waals surface area contributed by atoms with E-state index in [1.165, 1.54) is 0 Å². The van der Waals surface area contributed by atoms with E-state index in [0.717, 1.165) is 6.08 Å². The summed E-state index contributed by atoms with van der Waals surface area (Å²) in [5, 5.41) is 9.56. The molecule has 0 heterocycles. The van der Waals surface area contributed by atoms with E-state index < -0.39 is 5.91 Å². The molecule has 0 aliphatic carbocycles. The van der Waals surface area contributed by atoms with Gasteiger partial charge in [0.25, 0.3) is 5.91 Å². The smallest absolute Gasteiger partial charge is 0.269 e. The minimum atomic E-state index is -0.450. The van der Waals surface area contributed by atoms with Gasteiger partial charge in [0.05, 0.1) is 6.54 Å². The molecule has 3 heteroatoms. The lowest BCUT2D eigenvalue weighted by Gasteiger charge is -2.14. The zero-order valence-corrected chi connectivity index (χ0v) is 6.37. The molecule has 0 aromatic heterocycles. The van der Waals surface area contributed by atoms with E-state index in [1.54, 1.807) is 0 Å². The van der Waals surface area contributed by atoms with Crippen molar-refractivity contribution in [1.82, 2.24) is 5.06 Å². The molecular weight excluding hydrogens is 130 g/mol. The highest BCUT2D eigenvalue weighted by Crippen LogP contribution is 1.95. The van der Waals surface area contributed by atoms with Gasteiger partial charge < -0.3 is 0 Å². The summed E-state index contributed by atoms with van der Waals surface area (Å²) in [6, 6.07) is 0. The number of rotatable bonds is 3. The summed E-state index contributed by atoms with van der Waals surface area (Å²) < 4.78 is 0. The summed E-state index contributed by atoms with van der Waals surface area (Å²) in [5.41, 5.74) is 0. The lowest BCUT2D eigenvalue weighted by molar-refractivity contribution is -0.161. The van der Waals surface area contributed by atoms with Crippen molar-refractivity contribution in [1.29, 1.82) is 0 Å². The van der Waals surface area contributed by atoms with E-state index in [0.29, 0.717) is 11.6 Å². The molecule has 3 nitrogen and oxygen atoms in total. The van der Waals surface area contributed by atoms with Crippen molar-refractivity contribution in [3.8, 4) is 0 Å². The second-order valence-electron chi connectivity index (χ2n) is 2.52. The first kappa shape index (κ1) is 9.17. The number of carbonyl (C=O) groups excluding carboxylic acids is 1. The lowest BCUT2D eigenvalue weighted by atomic mass is 10.2. The van der Waals surface area contributed by atoms with Crippen LogP contribution in [0.1, 0.15) is 13.8 Å². The second kappa shape index (κ2) is 4.06. The molecule has 0 aliphatic rings. The van der Waals surface area contributed by atoms with Crippen LogP contribution in [0.5, 0.6) is 0 Å². The first-order valence-corrected chi connectivity index (χ1v) is 3.20. The Labute approximate surface area is 60.9 Å². The zero-order valence-electron chi connectivity index (χ0n) is 6.37. The first-order valence-electron chi connectivity index (χ1n) is 3.20. The van der Waals surface area contributed by atoms with Gasteiger partial charge in [0, 0.05) is 0 Å². The van der Waals surface area contributed by atoms with Gasteiger partial charge >= 0.3 is 0 Å². The Hall–Kier alpha value is -0.830. The van der Waals surface area contributed by atoms with Crippen LogP contribution in [0.15, 0.2) is 12.7 Å². The molecule has 0 atom stereocenters. The molecule has 0 bridgehead atoms. The van der Waals surface area contributed by atoms with Gasteiger partial charge in [0.2, 0.25) is 0 Å². The van der Waals surface area contributed by atoms with Crippen LogP contribution in [0.25, 0.3) is 0 Å². The fourth-order valence-electron chi connectivity index (χ4n) is 0.541. The van der Waals surface area contributed by atoms with Gasteiger partial charge in [-0.2, -0.15) is 0 Å². The molecule has 0 aliphatic heterocycles. The molecule has 0 rings (SSSR count). The van der Waals surface area contributed by atoms with E-state index in [2.05, 4.69) is 6.58 Å². The molecule has 0 aromatic rings. The Morgan fingerprint density at radius 3 is 2.60 bits per heavy atom. The minimum absolute atomic E-state index is 0.272. The highest BCUT2D eigenvalue weighted by Gasteiger charge is 2.06. The van der Waals surface area contributed by atoms with E-state index in [-0.39, 0.29) is 5.92 Å². The molecule has 0 radical (unpaired) electrons. The Morgan fingerprint density at radius 2 is 2.30 bits per heavy atom. The van der Waals surface area contributed by atoms with Crippen LogP contribution in [-0.4, -0.2) is 22.7 Å². The number of carbonyl (C=O) groups is 1. The topological polar surface area (TPSA) is 40.5 Å². The normalized spacial score (nSPS) is 9.60. The van der Waals surface area contributed by atoms with Gasteiger partial charge in [-0.15, -0.1) is 0 Å². The van der Waals surface area contributed by atoms with Crippen molar-refractivity contribution in [2.75, 3.05) is 6.54 Å². The Bertz CT molecular complexity index is 132. The number of hydrogen-bond acceptors (Lipinski definition) is 2. The van der Waals surface area contributed by atoms with Gasteiger partial charge in [-0.3, -0.25) is 10.0 Å². The zero-order chi connectivity index (χ0) is 8.15. The maximum atomic E-state index is 10.6. The van der Waals surface area contributed by atoms with E-state index in [9.17, 15) is 4.79 Å². The molecule has 0 aromatic carbocycles. The second-order valence-corrected chi connectivity index (χ2v) is 2.52. The van der Waals surface area contributed by atoms with Crippen LogP contribution in [0.3, 0.4) is 0 Å². The van der Waals surface area contributed by atoms with Gasteiger partial charge in [0.1, 0.15) is 0 Å². The largest absolute Gasteiger partial charge is 0.286 e. The van der Waals surface area contributed by atoms with Gasteiger partial charge in [-0.1, -0.05) is 20.4 Å². The number of nitrogens with zero attached hydrogens (tertiary/aromatic N) is 1. The van der Waals surface area contributed by atoms with Crippen molar-refractivity contribution in [2.45, 2.75) is 13.8 Å². The van der Waals surface area contributed by atoms with Gasteiger partial charge in [-0.05, 0) is 12.0 Å². The number of amides is 1. The Kier molecular flexibility index (Phi) is 3.72. The third kappa shape index (κ3) is 3.25. The van der Waals surface area contributed by atoms with Crippen molar-refractivity contribution >= 4 is 5.91 Å². The summed E-state index contributed by atoms with van der Waals surface area (Å²) >= 11 is 0. The summed E-state index contributed by atoms with van der Waals surface area (Å²) in [6.07, 6.45) is 1.09. The van der Waals surface area contributed by atoms with Gasteiger partial charge in [0.15, 0.2) is 0 Å². The van der Waals surface area contributed by atoms with Crippen molar-refractivity contribution in [3.63, 3.8) is 0 Å². The number of hydrogen-bond donors (Lipinski definition) is 1. The SMILES string of the molecule is C=CC(=O)N(O)CC(C)C. The molecular formula is C7H13NO2. The van der Waals surface area contributed by atoms with Crippen LogP contribution in [0, 0.1) is 5.92 Å². The highest BCUT2D eigenvalue weighted by molar-refractivity contribution is 5.85. The summed E-state index contributed by atoms with van der Waals surface area (Å²) in [4.78, 5) is 10.6. The highest BCUT2D eigenvalue weighted by atomic mass is 16.5. The number of hydroxylamine groups is 2. The average Bonchev–Trinajstić information content (AvgIpc) is 1.85. The maximum absolute atomic E-state index is 10.6. The fraction of sp³-hybridized carbons (Fsp3) is 0.571. The molecule has 0 saturated heterocycles. The fourth-order valence-corrected chi connectivity index (χ4v) is 0.541. The first-order chi connectivity index (χ1) is 4.57. The van der Waals surface area contributed by atoms with Gasteiger partial charge in [-0.25, -0.2) is 5.06 Å². The summed E-state index contributed by atoms with van der Waals surface area (Å²) in [7, 11) is 0. The van der Waals surface area contributed by atoms with Crippen LogP contribution in [0.2, 0.25) is 0 Å².